The van der Waals surface area contributed by atoms with Crippen LogP contribution in [0.3, 0.4) is 0 Å². The van der Waals surface area contributed by atoms with Gasteiger partial charge in [-0.3, -0.25) is 0 Å². The fourth-order valence-electron chi connectivity index (χ4n) is 1.58. The normalized spacial score (nSPS) is 10.5. The topological polar surface area (TPSA) is 66.0 Å². The predicted molar refractivity (Wildman–Crippen MR) is 65.6 cm³/mol. The highest BCUT2D eigenvalue weighted by Crippen LogP contribution is 2.21. The van der Waals surface area contributed by atoms with E-state index in [9.17, 15) is 0 Å². The molecule has 5 nitrogen and oxygen atoms in total. The summed E-state index contributed by atoms with van der Waals surface area (Å²) in [7, 11) is 0. The summed E-state index contributed by atoms with van der Waals surface area (Å²) < 4.78 is 7.51. The first-order valence-electron chi connectivity index (χ1n) is 5.56. The number of nitrogen functional groups attached to an aromatic ring is 1. The second-order valence-corrected chi connectivity index (χ2v) is 3.81. The van der Waals surface area contributed by atoms with Crippen molar-refractivity contribution in [2.45, 2.75) is 27.0 Å². The van der Waals surface area contributed by atoms with Crippen LogP contribution in [-0.4, -0.2) is 14.8 Å². The van der Waals surface area contributed by atoms with Crippen LogP contribution in [0.15, 0.2) is 24.5 Å². The lowest BCUT2D eigenvalue weighted by Gasteiger charge is -2.09. The maximum atomic E-state index is 5.72. The molecule has 2 aromatic rings. The Balaban J connectivity index is 2.09. The Labute approximate surface area is 100 Å². The number of rotatable bonds is 4. The predicted octanol–water partition coefficient (Wildman–Crippen LogP) is 1.77. The molecular weight excluding hydrogens is 216 g/mol. The number of anilines is 1. The van der Waals surface area contributed by atoms with Gasteiger partial charge in [0.1, 0.15) is 18.7 Å². The Morgan fingerprint density at radius 3 is 3.00 bits per heavy atom. The molecule has 0 amide bonds. The molecule has 0 spiro atoms. The molecule has 0 bridgehead atoms. The quantitative estimate of drug-likeness (QED) is 0.816. The fourth-order valence-corrected chi connectivity index (χ4v) is 1.58. The van der Waals surface area contributed by atoms with Gasteiger partial charge >= 0.3 is 0 Å². The Bertz CT molecular complexity index is 507. The van der Waals surface area contributed by atoms with Crippen LogP contribution in [0.4, 0.5) is 5.69 Å². The molecule has 0 radical (unpaired) electrons. The van der Waals surface area contributed by atoms with E-state index >= 15 is 0 Å². The van der Waals surface area contributed by atoms with Crippen molar-refractivity contribution in [1.82, 2.24) is 14.8 Å². The summed E-state index contributed by atoms with van der Waals surface area (Å²) >= 11 is 0. The monoisotopic (exact) mass is 232 g/mol. The maximum absolute atomic E-state index is 5.72. The van der Waals surface area contributed by atoms with Crippen LogP contribution in [0.25, 0.3) is 0 Å². The van der Waals surface area contributed by atoms with Crippen molar-refractivity contribution in [2.24, 2.45) is 0 Å². The first kappa shape index (κ1) is 11.4. The third-order valence-electron chi connectivity index (χ3n) is 2.56. The van der Waals surface area contributed by atoms with Crippen molar-refractivity contribution >= 4 is 5.69 Å². The van der Waals surface area contributed by atoms with Gasteiger partial charge in [0, 0.05) is 18.3 Å². The van der Waals surface area contributed by atoms with E-state index in [1.165, 1.54) is 6.33 Å². The average molecular weight is 232 g/mol. The Morgan fingerprint density at radius 2 is 2.24 bits per heavy atom. The van der Waals surface area contributed by atoms with Gasteiger partial charge in [0.2, 0.25) is 0 Å². The largest absolute Gasteiger partial charge is 0.485 e. The Kier molecular flexibility index (Phi) is 3.27. The number of aromatic nitrogens is 3. The van der Waals surface area contributed by atoms with Gasteiger partial charge in [-0.1, -0.05) is 6.07 Å². The van der Waals surface area contributed by atoms with Crippen LogP contribution in [0.5, 0.6) is 5.75 Å². The molecule has 1 aromatic heterocycles. The summed E-state index contributed by atoms with van der Waals surface area (Å²) in [5.41, 5.74) is 7.47. The number of hydrogen-bond donors (Lipinski definition) is 1. The molecule has 0 aliphatic rings. The summed E-state index contributed by atoms with van der Waals surface area (Å²) in [6.45, 7) is 5.19. The summed E-state index contributed by atoms with van der Waals surface area (Å²) in [5, 5.41) is 4.09. The van der Waals surface area contributed by atoms with Crippen molar-refractivity contribution in [2.75, 3.05) is 5.73 Å². The number of aryl methyl sites for hydroxylation is 2. The number of ether oxygens (including phenoxy) is 1. The van der Waals surface area contributed by atoms with Crippen molar-refractivity contribution in [3.63, 3.8) is 0 Å². The molecule has 90 valence electrons. The van der Waals surface area contributed by atoms with Crippen molar-refractivity contribution in [3.05, 3.63) is 35.9 Å². The van der Waals surface area contributed by atoms with Gasteiger partial charge in [0.15, 0.2) is 5.82 Å². The number of benzene rings is 1. The summed E-state index contributed by atoms with van der Waals surface area (Å²) in [6.07, 6.45) is 1.54. The molecule has 1 heterocycles. The maximum Gasteiger partial charge on any atom is 0.164 e. The molecule has 0 unspecified atom stereocenters. The molecule has 5 heteroatoms. The molecule has 2 N–H and O–H groups in total. The van der Waals surface area contributed by atoms with Crippen LogP contribution in [0, 0.1) is 6.92 Å². The van der Waals surface area contributed by atoms with Crippen LogP contribution >= 0.6 is 0 Å². The van der Waals surface area contributed by atoms with Gasteiger partial charge in [-0.2, -0.15) is 5.10 Å². The van der Waals surface area contributed by atoms with Crippen LogP contribution < -0.4 is 10.5 Å². The summed E-state index contributed by atoms with van der Waals surface area (Å²) in [5.74, 6) is 1.60. The van der Waals surface area contributed by atoms with E-state index in [1.807, 2.05) is 36.7 Å². The van der Waals surface area contributed by atoms with E-state index in [4.69, 9.17) is 10.5 Å². The zero-order chi connectivity index (χ0) is 12.3. The Morgan fingerprint density at radius 1 is 1.41 bits per heavy atom. The van der Waals surface area contributed by atoms with Gasteiger partial charge in [-0.05, 0) is 25.5 Å². The van der Waals surface area contributed by atoms with Crippen LogP contribution in [0.1, 0.15) is 18.3 Å². The molecule has 0 atom stereocenters. The average Bonchev–Trinajstić information content (AvgIpc) is 2.77. The smallest absolute Gasteiger partial charge is 0.164 e. The highest BCUT2D eigenvalue weighted by atomic mass is 16.5. The molecule has 0 aliphatic carbocycles. The number of nitrogens with zero attached hydrogens (tertiary/aromatic N) is 3. The molecule has 17 heavy (non-hydrogen) atoms. The summed E-state index contributed by atoms with van der Waals surface area (Å²) in [4.78, 5) is 4.15. The molecule has 1 aromatic carbocycles. The molecule has 0 aliphatic heterocycles. The van der Waals surface area contributed by atoms with Gasteiger partial charge in [-0.15, -0.1) is 0 Å². The number of hydrogen-bond acceptors (Lipinski definition) is 4. The van der Waals surface area contributed by atoms with E-state index in [0.29, 0.717) is 12.3 Å². The van der Waals surface area contributed by atoms with E-state index < -0.39 is 0 Å². The highest BCUT2D eigenvalue weighted by Gasteiger charge is 2.05. The first-order valence-corrected chi connectivity index (χ1v) is 5.56. The fraction of sp³-hybridized carbons (Fsp3) is 0.333. The van der Waals surface area contributed by atoms with Crippen molar-refractivity contribution in [3.8, 4) is 5.75 Å². The lowest BCUT2D eigenvalue weighted by molar-refractivity contribution is 0.285. The van der Waals surface area contributed by atoms with Gasteiger partial charge in [0.05, 0.1) is 0 Å². The van der Waals surface area contributed by atoms with E-state index in [0.717, 1.165) is 23.7 Å². The van der Waals surface area contributed by atoms with E-state index in [2.05, 4.69) is 10.1 Å². The van der Waals surface area contributed by atoms with Crippen molar-refractivity contribution in [1.29, 1.82) is 0 Å². The lowest BCUT2D eigenvalue weighted by Crippen LogP contribution is -2.07. The second kappa shape index (κ2) is 4.86. The SMILES string of the molecule is CCn1ncnc1COc1cc(N)ccc1C. The van der Waals surface area contributed by atoms with Gasteiger partial charge in [0.25, 0.3) is 0 Å². The lowest BCUT2D eigenvalue weighted by atomic mass is 10.2. The zero-order valence-corrected chi connectivity index (χ0v) is 10.1. The second-order valence-electron chi connectivity index (χ2n) is 3.81. The zero-order valence-electron chi connectivity index (χ0n) is 10.1. The van der Waals surface area contributed by atoms with Crippen molar-refractivity contribution < 1.29 is 4.74 Å². The first-order chi connectivity index (χ1) is 8.20. The molecule has 2 rings (SSSR count). The minimum Gasteiger partial charge on any atom is -0.485 e. The number of nitrogens with two attached hydrogens (primary N) is 1. The van der Waals surface area contributed by atoms with Crippen LogP contribution in [-0.2, 0) is 13.2 Å². The van der Waals surface area contributed by atoms with E-state index in [1.54, 1.807) is 0 Å². The molecule has 0 saturated heterocycles. The molecule has 0 fully saturated rings. The van der Waals surface area contributed by atoms with Gasteiger partial charge in [-0.25, -0.2) is 9.67 Å². The van der Waals surface area contributed by atoms with E-state index in [-0.39, 0.29) is 0 Å². The Hall–Kier alpha value is -2.04. The minimum atomic E-state index is 0.401. The summed E-state index contributed by atoms with van der Waals surface area (Å²) in [6, 6.07) is 5.62. The molecular formula is C12H16N4O. The highest BCUT2D eigenvalue weighted by molar-refractivity contribution is 5.47. The molecule has 0 saturated carbocycles. The third kappa shape index (κ3) is 2.55. The third-order valence-corrected chi connectivity index (χ3v) is 2.56. The standard InChI is InChI=1S/C12H16N4O/c1-3-16-12(14-8-15-16)7-17-11-6-10(13)5-4-9(11)2/h4-6,8H,3,7,13H2,1-2H3. The van der Waals surface area contributed by atoms with Gasteiger partial charge < -0.3 is 10.5 Å². The minimum absolute atomic E-state index is 0.401. The van der Waals surface area contributed by atoms with Crippen LogP contribution in [0.2, 0.25) is 0 Å².